The first kappa shape index (κ1) is 22.7. The Bertz CT molecular complexity index is 1080. The molecule has 4 rings (SSSR count). The van der Waals surface area contributed by atoms with Gasteiger partial charge in [0.05, 0.1) is 12.2 Å². The second kappa shape index (κ2) is 9.58. The highest BCUT2D eigenvalue weighted by Gasteiger charge is 2.39. The molecule has 168 valence electrons. The van der Waals surface area contributed by atoms with Crippen LogP contribution in [0.15, 0.2) is 53.9 Å². The number of aryl methyl sites for hydroxylation is 1. The van der Waals surface area contributed by atoms with E-state index in [-0.39, 0.29) is 12.5 Å². The van der Waals surface area contributed by atoms with Crippen LogP contribution in [0.1, 0.15) is 18.9 Å². The Hall–Kier alpha value is -2.45. The van der Waals surface area contributed by atoms with Crippen molar-refractivity contribution in [2.24, 2.45) is 0 Å². The highest BCUT2D eigenvalue weighted by Crippen LogP contribution is 2.28. The Morgan fingerprint density at radius 2 is 2.12 bits per heavy atom. The number of hydrogen-bond acceptors (Lipinski definition) is 6. The summed E-state index contributed by atoms with van der Waals surface area (Å²) in [5.41, 5.74) is 2.06. The Balaban J connectivity index is 1.35. The highest BCUT2D eigenvalue weighted by molar-refractivity contribution is 7.14. The Morgan fingerprint density at radius 1 is 1.34 bits per heavy atom. The van der Waals surface area contributed by atoms with E-state index in [1.54, 1.807) is 25.1 Å². The van der Waals surface area contributed by atoms with E-state index in [4.69, 9.17) is 16.3 Å². The van der Waals surface area contributed by atoms with E-state index in [1.807, 2.05) is 47.5 Å². The lowest BCUT2D eigenvalue weighted by molar-refractivity contribution is -0.122. The van der Waals surface area contributed by atoms with E-state index in [0.29, 0.717) is 35.4 Å². The van der Waals surface area contributed by atoms with Crippen LogP contribution in [0.5, 0.6) is 5.75 Å². The number of piperidine rings is 1. The fourth-order valence-electron chi connectivity index (χ4n) is 3.63. The number of anilines is 1. The molecular formula is C24H26ClN3O3S. The molecule has 1 amide bonds. The number of aliphatic hydroxyl groups is 1. The fourth-order valence-corrected chi connectivity index (χ4v) is 4.55. The lowest BCUT2D eigenvalue weighted by Gasteiger charge is -2.42. The summed E-state index contributed by atoms with van der Waals surface area (Å²) < 4.78 is 6.02. The number of likely N-dealkylation sites (tertiary alicyclic amines) is 1. The molecule has 3 aromatic rings. The zero-order chi connectivity index (χ0) is 22.7. The van der Waals surface area contributed by atoms with Crippen LogP contribution >= 0.6 is 22.9 Å². The van der Waals surface area contributed by atoms with Gasteiger partial charge in [-0.3, -0.25) is 9.69 Å². The molecular weight excluding hydrogens is 446 g/mol. The summed E-state index contributed by atoms with van der Waals surface area (Å²) in [6.07, 6.45) is 0.0240. The predicted octanol–water partition coefficient (Wildman–Crippen LogP) is 4.61. The Kier molecular flexibility index (Phi) is 6.81. The van der Waals surface area contributed by atoms with Crippen molar-refractivity contribution >= 4 is 34.0 Å². The van der Waals surface area contributed by atoms with Crippen LogP contribution in [0.3, 0.4) is 0 Å². The summed E-state index contributed by atoms with van der Waals surface area (Å²) in [5, 5.41) is 16.8. The van der Waals surface area contributed by atoms with E-state index in [0.717, 1.165) is 11.3 Å². The lowest BCUT2D eigenvalue weighted by Crippen LogP contribution is -2.57. The standard InChI is InChI=1S/C24H26ClN3O3S/c1-16-6-8-17(9-7-16)20-15-32-23(26-20)27-22(29)14-28-11-10-24(2,30)21(13-28)31-19-5-3-4-18(25)12-19/h3-9,12,15,21,30H,10-11,13-14H2,1-2H3,(H,26,27,29)/t21-,24-/m0/s1. The van der Waals surface area contributed by atoms with Gasteiger partial charge >= 0.3 is 0 Å². The number of aromatic nitrogens is 1. The molecule has 0 unspecified atom stereocenters. The van der Waals surface area contributed by atoms with Crippen molar-refractivity contribution in [1.29, 1.82) is 0 Å². The third-order valence-corrected chi connectivity index (χ3v) is 6.58. The molecule has 2 atom stereocenters. The normalized spacial score (nSPS) is 21.3. The number of ether oxygens (including phenoxy) is 1. The number of carbonyl (C=O) groups excluding carboxylic acids is 1. The predicted molar refractivity (Wildman–Crippen MR) is 128 cm³/mol. The molecule has 1 aromatic heterocycles. The van der Waals surface area contributed by atoms with Gasteiger partial charge in [-0.25, -0.2) is 4.98 Å². The summed E-state index contributed by atoms with van der Waals surface area (Å²) in [5.74, 6) is 0.457. The van der Waals surface area contributed by atoms with Gasteiger partial charge in [0.1, 0.15) is 17.5 Å². The zero-order valence-corrected chi connectivity index (χ0v) is 19.6. The van der Waals surface area contributed by atoms with Crippen LogP contribution < -0.4 is 10.1 Å². The topological polar surface area (TPSA) is 74.7 Å². The molecule has 2 heterocycles. The van der Waals surface area contributed by atoms with Crippen LogP contribution in [0, 0.1) is 6.92 Å². The van der Waals surface area contributed by atoms with Gasteiger partial charge < -0.3 is 15.2 Å². The van der Waals surface area contributed by atoms with Crippen LogP contribution in [0.4, 0.5) is 5.13 Å². The first-order chi connectivity index (χ1) is 15.3. The molecule has 0 bridgehead atoms. The highest BCUT2D eigenvalue weighted by atomic mass is 35.5. The molecule has 0 radical (unpaired) electrons. The van der Waals surface area contributed by atoms with E-state index < -0.39 is 11.7 Å². The van der Waals surface area contributed by atoms with Gasteiger partial charge in [0.15, 0.2) is 5.13 Å². The molecule has 2 aromatic carbocycles. The Morgan fingerprint density at radius 3 is 2.88 bits per heavy atom. The van der Waals surface area contributed by atoms with Gasteiger partial charge in [0.25, 0.3) is 0 Å². The maximum absolute atomic E-state index is 12.6. The summed E-state index contributed by atoms with van der Waals surface area (Å²) in [4.78, 5) is 19.2. The number of carbonyl (C=O) groups is 1. The maximum Gasteiger partial charge on any atom is 0.240 e. The number of nitrogens with zero attached hydrogens (tertiary/aromatic N) is 2. The van der Waals surface area contributed by atoms with Crippen molar-refractivity contribution in [2.45, 2.75) is 32.0 Å². The second-order valence-corrected chi connectivity index (χ2v) is 9.65. The van der Waals surface area contributed by atoms with Gasteiger partial charge in [-0.1, -0.05) is 47.5 Å². The SMILES string of the molecule is Cc1ccc(-c2csc(NC(=O)CN3CC[C@](C)(O)[C@@H](Oc4cccc(Cl)c4)C3)n2)cc1. The molecule has 1 saturated heterocycles. The van der Waals surface area contributed by atoms with Crippen molar-refractivity contribution in [2.75, 3.05) is 25.0 Å². The quantitative estimate of drug-likeness (QED) is 0.549. The summed E-state index contributed by atoms with van der Waals surface area (Å²) in [7, 11) is 0. The molecule has 1 aliphatic heterocycles. The second-order valence-electron chi connectivity index (χ2n) is 8.36. The molecule has 1 aliphatic rings. The number of amides is 1. The molecule has 0 aliphatic carbocycles. The van der Waals surface area contributed by atoms with Crippen molar-refractivity contribution < 1.29 is 14.6 Å². The fraction of sp³-hybridized carbons (Fsp3) is 0.333. The van der Waals surface area contributed by atoms with Crippen molar-refractivity contribution in [1.82, 2.24) is 9.88 Å². The van der Waals surface area contributed by atoms with Gasteiger partial charge in [-0.05, 0) is 38.5 Å². The summed E-state index contributed by atoms with van der Waals surface area (Å²) in [6, 6.07) is 15.2. The molecule has 6 nitrogen and oxygen atoms in total. The van der Waals surface area contributed by atoms with E-state index in [1.165, 1.54) is 16.9 Å². The van der Waals surface area contributed by atoms with Crippen LogP contribution in [0.25, 0.3) is 11.3 Å². The van der Waals surface area contributed by atoms with Gasteiger partial charge in [0, 0.05) is 29.1 Å². The van der Waals surface area contributed by atoms with E-state index in [9.17, 15) is 9.90 Å². The number of thiazole rings is 1. The molecule has 0 spiro atoms. The minimum atomic E-state index is -0.993. The first-order valence-electron chi connectivity index (χ1n) is 10.5. The molecule has 0 saturated carbocycles. The number of benzene rings is 2. The minimum Gasteiger partial charge on any atom is -0.486 e. The van der Waals surface area contributed by atoms with Crippen LogP contribution in [-0.4, -0.2) is 52.2 Å². The summed E-state index contributed by atoms with van der Waals surface area (Å²) in [6.45, 7) is 5.04. The molecule has 32 heavy (non-hydrogen) atoms. The number of hydrogen-bond donors (Lipinski definition) is 2. The van der Waals surface area contributed by atoms with Gasteiger partial charge in [-0.2, -0.15) is 0 Å². The van der Waals surface area contributed by atoms with E-state index in [2.05, 4.69) is 10.3 Å². The van der Waals surface area contributed by atoms with Crippen molar-refractivity contribution in [3.05, 3.63) is 64.5 Å². The number of nitrogens with one attached hydrogen (secondary N) is 1. The van der Waals surface area contributed by atoms with Gasteiger partial charge in [0.2, 0.25) is 5.91 Å². The smallest absolute Gasteiger partial charge is 0.240 e. The molecule has 8 heteroatoms. The molecule has 1 fully saturated rings. The average Bonchev–Trinajstić information content (AvgIpc) is 3.19. The zero-order valence-electron chi connectivity index (χ0n) is 18.0. The third-order valence-electron chi connectivity index (χ3n) is 5.59. The first-order valence-corrected chi connectivity index (χ1v) is 11.7. The monoisotopic (exact) mass is 471 g/mol. The lowest BCUT2D eigenvalue weighted by atomic mass is 9.90. The van der Waals surface area contributed by atoms with Crippen molar-refractivity contribution in [3.8, 4) is 17.0 Å². The third kappa shape index (κ3) is 5.66. The molecule has 2 N–H and O–H groups in total. The van der Waals surface area contributed by atoms with Crippen molar-refractivity contribution in [3.63, 3.8) is 0 Å². The maximum atomic E-state index is 12.6. The summed E-state index contributed by atoms with van der Waals surface area (Å²) >= 11 is 7.45. The average molecular weight is 472 g/mol. The minimum absolute atomic E-state index is 0.141. The largest absolute Gasteiger partial charge is 0.486 e. The number of halogens is 1. The van der Waals surface area contributed by atoms with Gasteiger partial charge in [-0.15, -0.1) is 11.3 Å². The van der Waals surface area contributed by atoms with Crippen LogP contribution in [-0.2, 0) is 4.79 Å². The van der Waals surface area contributed by atoms with Crippen LogP contribution in [0.2, 0.25) is 5.02 Å². The number of rotatable bonds is 6. The van der Waals surface area contributed by atoms with E-state index >= 15 is 0 Å². The Labute approximate surface area is 196 Å².